The summed E-state index contributed by atoms with van der Waals surface area (Å²) < 4.78 is 6.84. The molecule has 28 heavy (non-hydrogen) atoms. The third-order valence-electron chi connectivity index (χ3n) is 4.55. The maximum atomic E-state index is 12.9. The van der Waals surface area contributed by atoms with E-state index in [1.165, 1.54) is 10.5 Å². The third-order valence-corrected chi connectivity index (χ3v) is 5.59. The first-order valence-corrected chi connectivity index (χ1v) is 10.5. The van der Waals surface area contributed by atoms with Gasteiger partial charge in [-0.05, 0) is 36.2 Å². The van der Waals surface area contributed by atoms with Crippen LogP contribution in [0.4, 0.5) is 5.13 Å². The third kappa shape index (κ3) is 5.30. The zero-order valence-corrected chi connectivity index (χ0v) is 17.6. The molecule has 6 heteroatoms. The van der Waals surface area contributed by atoms with E-state index >= 15 is 0 Å². The van der Waals surface area contributed by atoms with Gasteiger partial charge in [0.15, 0.2) is 5.13 Å². The summed E-state index contributed by atoms with van der Waals surface area (Å²) in [5, 5.41) is 0.772. The quantitative estimate of drug-likeness (QED) is 0.603. The van der Waals surface area contributed by atoms with Crippen LogP contribution in [0.3, 0.4) is 0 Å². The summed E-state index contributed by atoms with van der Waals surface area (Å²) in [7, 11) is 4.18. The summed E-state index contributed by atoms with van der Waals surface area (Å²) in [4.78, 5) is 20.8. The van der Waals surface area contributed by atoms with Gasteiger partial charge in [-0.25, -0.2) is 4.98 Å². The molecule has 148 valence electrons. The van der Waals surface area contributed by atoms with E-state index in [1.54, 1.807) is 11.3 Å². The highest BCUT2D eigenvalue weighted by Crippen LogP contribution is 2.30. The van der Waals surface area contributed by atoms with Crippen molar-refractivity contribution in [2.75, 3.05) is 38.7 Å². The molecule has 1 N–H and O–H groups in total. The number of aromatic nitrogens is 1. The lowest BCUT2D eigenvalue weighted by Gasteiger charge is -2.20. The monoisotopic (exact) mass is 398 g/mol. The molecule has 0 aliphatic heterocycles. The Balaban J connectivity index is 1.73. The minimum atomic E-state index is 0.0481. The van der Waals surface area contributed by atoms with Gasteiger partial charge in [-0.1, -0.05) is 42.5 Å². The molecule has 1 heterocycles. The van der Waals surface area contributed by atoms with Crippen LogP contribution in [0.15, 0.2) is 48.5 Å². The summed E-state index contributed by atoms with van der Waals surface area (Å²) in [6.07, 6.45) is 1.32. The Morgan fingerprint density at radius 1 is 1.18 bits per heavy atom. The molecule has 0 bridgehead atoms. The normalized spacial score (nSPS) is 11.1. The first-order valence-electron chi connectivity index (χ1n) is 9.73. The second-order valence-corrected chi connectivity index (χ2v) is 8.08. The van der Waals surface area contributed by atoms with Crippen molar-refractivity contribution in [3.8, 4) is 5.75 Å². The van der Waals surface area contributed by atoms with E-state index in [0.29, 0.717) is 19.6 Å². The second-order valence-electron chi connectivity index (χ2n) is 7.07. The summed E-state index contributed by atoms with van der Waals surface area (Å²) in [6.45, 7) is 4.01. The number of anilines is 1. The van der Waals surface area contributed by atoms with Crippen LogP contribution in [-0.2, 0) is 11.2 Å². The predicted molar refractivity (Wildman–Crippen MR) is 116 cm³/mol. The van der Waals surface area contributed by atoms with E-state index in [4.69, 9.17) is 9.72 Å². The molecule has 2 aromatic carbocycles. The predicted octanol–water partition coefficient (Wildman–Crippen LogP) is 2.81. The van der Waals surface area contributed by atoms with Crippen molar-refractivity contribution in [2.24, 2.45) is 0 Å². The standard InChI is InChI=1S/C22H27N3O2S/c1-4-17-10-11-19-20(16-17)28-22(23-19)25(14-13-24(2)3)21(26)12-15-27-18-8-6-5-7-9-18/h5-11,16H,4,12-15H2,1-3H3/p+1. The molecular formula is C22H28N3O2S+. The Morgan fingerprint density at radius 3 is 2.68 bits per heavy atom. The van der Waals surface area contributed by atoms with Gasteiger partial charge in [0.2, 0.25) is 5.91 Å². The number of nitrogens with one attached hydrogen (secondary N) is 1. The lowest BCUT2D eigenvalue weighted by molar-refractivity contribution is -0.856. The van der Waals surface area contributed by atoms with Gasteiger partial charge in [-0.3, -0.25) is 9.69 Å². The SMILES string of the molecule is CCc1ccc2nc(N(CC[NH+](C)C)C(=O)CCOc3ccccc3)sc2c1. The number of carbonyl (C=O) groups is 1. The average molecular weight is 399 g/mol. The largest absolute Gasteiger partial charge is 0.493 e. The van der Waals surface area contributed by atoms with Crippen LogP contribution in [-0.4, -0.2) is 44.7 Å². The van der Waals surface area contributed by atoms with Crippen LogP contribution in [0.25, 0.3) is 10.2 Å². The number of thiazole rings is 1. The molecule has 0 saturated carbocycles. The van der Waals surface area contributed by atoms with Crippen molar-refractivity contribution in [3.63, 3.8) is 0 Å². The smallest absolute Gasteiger partial charge is 0.232 e. The number of para-hydroxylation sites is 1. The molecule has 3 rings (SSSR count). The van der Waals surface area contributed by atoms with Gasteiger partial charge in [0.05, 0.1) is 50.4 Å². The minimum absolute atomic E-state index is 0.0481. The number of ether oxygens (including phenoxy) is 1. The van der Waals surface area contributed by atoms with E-state index < -0.39 is 0 Å². The summed E-state index contributed by atoms with van der Waals surface area (Å²) in [6, 6.07) is 15.9. The number of quaternary nitrogens is 1. The molecule has 0 atom stereocenters. The van der Waals surface area contributed by atoms with E-state index in [0.717, 1.165) is 34.1 Å². The van der Waals surface area contributed by atoms with Crippen molar-refractivity contribution in [2.45, 2.75) is 19.8 Å². The van der Waals surface area contributed by atoms with E-state index in [9.17, 15) is 4.79 Å². The van der Waals surface area contributed by atoms with Gasteiger partial charge in [0.25, 0.3) is 0 Å². The van der Waals surface area contributed by atoms with Crippen LogP contribution in [0, 0.1) is 0 Å². The number of amides is 1. The molecule has 0 radical (unpaired) electrons. The van der Waals surface area contributed by atoms with Crippen molar-refractivity contribution in [3.05, 3.63) is 54.1 Å². The van der Waals surface area contributed by atoms with Crippen LogP contribution in [0.2, 0.25) is 0 Å². The van der Waals surface area contributed by atoms with Crippen LogP contribution in [0.1, 0.15) is 18.9 Å². The average Bonchev–Trinajstić information content (AvgIpc) is 3.11. The topological polar surface area (TPSA) is 46.9 Å². The Morgan fingerprint density at radius 2 is 1.96 bits per heavy atom. The fraction of sp³-hybridized carbons (Fsp3) is 0.364. The van der Waals surface area contributed by atoms with E-state index in [1.807, 2.05) is 41.3 Å². The van der Waals surface area contributed by atoms with E-state index in [-0.39, 0.29) is 5.91 Å². The zero-order valence-electron chi connectivity index (χ0n) is 16.8. The van der Waals surface area contributed by atoms with E-state index in [2.05, 4.69) is 33.2 Å². The molecule has 0 saturated heterocycles. The molecule has 1 amide bonds. The molecule has 1 aromatic heterocycles. The lowest BCUT2D eigenvalue weighted by atomic mass is 10.2. The lowest BCUT2D eigenvalue weighted by Crippen LogP contribution is -3.06. The number of rotatable bonds is 9. The number of carbonyl (C=O) groups excluding carboxylic acids is 1. The maximum Gasteiger partial charge on any atom is 0.232 e. The highest BCUT2D eigenvalue weighted by Gasteiger charge is 2.20. The Labute approximate surface area is 170 Å². The minimum Gasteiger partial charge on any atom is -0.493 e. The van der Waals surface area contributed by atoms with Gasteiger partial charge >= 0.3 is 0 Å². The first-order chi connectivity index (χ1) is 13.6. The summed E-state index contributed by atoms with van der Waals surface area (Å²) >= 11 is 1.59. The second kappa shape index (κ2) is 9.66. The van der Waals surface area contributed by atoms with Crippen molar-refractivity contribution >= 4 is 32.6 Å². The first kappa shape index (κ1) is 20.3. The molecule has 5 nitrogen and oxygen atoms in total. The molecule has 0 unspecified atom stereocenters. The van der Waals surface area contributed by atoms with Gasteiger partial charge < -0.3 is 9.64 Å². The van der Waals surface area contributed by atoms with Crippen molar-refractivity contribution in [1.29, 1.82) is 0 Å². The summed E-state index contributed by atoms with van der Waals surface area (Å²) in [5.41, 5.74) is 2.24. The molecular weight excluding hydrogens is 370 g/mol. The number of hydrogen-bond donors (Lipinski definition) is 1. The Hall–Kier alpha value is -2.44. The Bertz CT molecular complexity index is 909. The molecule has 0 aliphatic rings. The zero-order chi connectivity index (χ0) is 19.9. The molecule has 3 aromatic rings. The van der Waals surface area contributed by atoms with Crippen molar-refractivity contribution < 1.29 is 14.4 Å². The Kier molecular flexibility index (Phi) is 7.01. The number of hydrogen-bond acceptors (Lipinski definition) is 4. The van der Waals surface area contributed by atoms with Crippen LogP contribution >= 0.6 is 11.3 Å². The van der Waals surface area contributed by atoms with Gasteiger partial charge in [-0.15, -0.1) is 0 Å². The number of aryl methyl sites for hydroxylation is 1. The fourth-order valence-electron chi connectivity index (χ4n) is 2.86. The molecule has 0 spiro atoms. The summed E-state index contributed by atoms with van der Waals surface area (Å²) in [5.74, 6) is 0.832. The number of nitrogens with zero attached hydrogens (tertiary/aromatic N) is 2. The van der Waals surface area contributed by atoms with Crippen LogP contribution < -0.4 is 14.5 Å². The fourth-order valence-corrected chi connectivity index (χ4v) is 3.94. The van der Waals surface area contributed by atoms with Crippen molar-refractivity contribution in [1.82, 2.24) is 4.98 Å². The highest BCUT2D eigenvalue weighted by atomic mass is 32.1. The maximum absolute atomic E-state index is 12.9. The number of benzene rings is 2. The highest BCUT2D eigenvalue weighted by molar-refractivity contribution is 7.22. The van der Waals surface area contributed by atoms with Gasteiger partial charge in [-0.2, -0.15) is 0 Å². The molecule has 0 aliphatic carbocycles. The van der Waals surface area contributed by atoms with Crippen LogP contribution in [0.5, 0.6) is 5.75 Å². The molecule has 0 fully saturated rings. The number of fused-ring (bicyclic) bond motifs is 1. The van der Waals surface area contributed by atoms with Gasteiger partial charge in [0.1, 0.15) is 5.75 Å². The number of likely N-dealkylation sites (N-methyl/N-ethyl adjacent to an activating group) is 1. The van der Waals surface area contributed by atoms with Gasteiger partial charge in [0, 0.05) is 0 Å².